The van der Waals surface area contributed by atoms with Crippen LogP contribution in [0.25, 0.3) is 22.2 Å². The van der Waals surface area contributed by atoms with Gasteiger partial charge in [0.1, 0.15) is 23.6 Å². The molecule has 3 aromatic heterocycles. The molecular weight excluding hydrogens is 406 g/mol. The molecule has 32 heavy (non-hydrogen) atoms. The van der Waals surface area contributed by atoms with Crippen molar-refractivity contribution in [3.8, 4) is 28.8 Å². The Morgan fingerprint density at radius 1 is 1.28 bits per heavy atom. The average molecular weight is 436 g/mol. The number of anilines is 1. The van der Waals surface area contributed by atoms with Crippen molar-refractivity contribution in [3.63, 3.8) is 0 Å². The van der Waals surface area contributed by atoms with Crippen molar-refractivity contribution in [2.75, 3.05) is 26.1 Å². The third-order valence-corrected chi connectivity index (χ3v) is 5.67. The predicted molar refractivity (Wildman–Crippen MR) is 123 cm³/mol. The van der Waals surface area contributed by atoms with Crippen LogP contribution in [0.2, 0.25) is 0 Å². The fourth-order valence-electron chi connectivity index (χ4n) is 3.69. The van der Waals surface area contributed by atoms with Gasteiger partial charge in [0.05, 0.1) is 24.5 Å². The van der Waals surface area contributed by atoms with Crippen LogP contribution in [0.1, 0.15) is 45.3 Å². The second-order valence-corrected chi connectivity index (χ2v) is 8.58. The Morgan fingerprint density at radius 3 is 2.75 bits per heavy atom. The lowest BCUT2D eigenvalue weighted by Gasteiger charge is -2.14. The SMILES string of the molecule is COCCOc1cnc(N)nc1-c1cn(C(C)C)c2cnc(C#CC(C)(O)C3CC3)cc12. The van der Waals surface area contributed by atoms with E-state index in [4.69, 9.17) is 15.2 Å². The Labute approximate surface area is 187 Å². The molecule has 1 saturated carbocycles. The summed E-state index contributed by atoms with van der Waals surface area (Å²) in [5, 5.41) is 11.5. The monoisotopic (exact) mass is 435 g/mol. The molecule has 0 aliphatic heterocycles. The van der Waals surface area contributed by atoms with Crippen LogP contribution in [0.5, 0.6) is 5.75 Å². The molecule has 1 aliphatic carbocycles. The van der Waals surface area contributed by atoms with E-state index < -0.39 is 5.60 Å². The molecule has 4 rings (SSSR count). The molecule has 1 atom stereocenters. The molecule has 0 bridgehead atoms. The van der Waals surface area contributed by atoms with Crippen molar-refractivity contribution in [1.82, 2.24) is 19.5 Å². The zero-order chi connectivity index (χ0) is 22.9. The summed E-state index contributed by atoms with van der Waals surface area (Å²) in [6.45, 7) is 6.79. The highest BCUT2D eigenvalue weighted by Crippen LogP contribution is 2.39. The van der Waals surface area contributed by atoms with Gasteiger partial charge in [-0.3, -0.25) is 0 Å². The molecule has 3 N–H and O–H groups in total. The summed E-state index contributed by atoms with van der Waals surface area (Å²) in [6, 6.07) is 2.13. The van der Waals surface area contributed by atoms with Crippen molar-refractivity contribution < 1.29 is 14.6 Å². The van der Waals surface area contributed by atoms with Gasteiger partial charge in [-0.05, 0) is 51.5 Å². The van der Waals surface area contributed by atoms with Crippen LogP contribution in [0.4, 0.5) is 5.95 Å². The molecule has 0 saturated heterocycles. The molecule has 8 nitrogen and oxygen atoms in total. The van der Waals surface area contributed by atoms with Crippen LogP contribution < -0.4 is 10.5 Å². The van der Waals surface area contributed by atoms with Crippen LogP contribution >= 0.6 is 0 Å². The molecule has 168 valence electrons. The van der Waals surface area contributed by atoms with Crippen LogP contribution in [0.15, 0.2) is 24.7 Å². The zero-order valence-electron chi connectivity index (χ0n) is 18.9. The van der Waals surface area contributed by atoms with Crippen molar-refractivity contribution in [2.24, 2.45) is 5.92 Å². The first kappa shape index (κ1) is 22.1. The second-order valence-electron chi connectivity index (χ2n) is 8.58. The lowest BCUT2D eigenvalue weighted by atomic mass is 10.0. The number of nitrogen functional groups attached to an aromatic ring is 1. The number of methoxy groups -OCH3 is 1. The Balaban J connectivity index is 1.82. The number of aliphatic hydroxyl groups is 1. The minimum Gasteiger partial charge on any atom is -0.487 e. The Hall–Kier alpha value is -3.15. The van der Waals surface area contributed by atoms with Crippen LogP contribution in [-0.4, -0.2) is 50.6 Å². The van der Waals surface area contributed by atoms with Crippen molar-refractivity contribution in [1.29, 1.82) is 0 Å². The van der Waals surface area contributed by atoms with Crippen molar-refractivity contribution in [2.45, 2.75) is 45.3 Å². The summed E-state index contributed by atoms with van der Waals surface area (Å²) in [6.07, 6.45) is 7.44. The number of fused-ring (bicyclic) bond motifs is 1. The second kappa shape index (κ2) is 8.77. The smallest absolute Gasteiger partial charge is 0.220 e. The zero-order valence-corrected chi connectivity index (χ0v) is 18.9. The number of rotatable bonds is 7. The van der Waals surface area contributed by atoms with Crippen molar-refractivity contribution in [3.05, 3.63) is 30.4 Å². The molecule has 0 spiro atoms. The van der Waals surface area contributed by atoms with E-state index in [9.17, 15) is 5.11 Å². The first-order valence-electron chi connectivity index (χ1n) is 10.8. The van der Waals surface area contributed by atoms with E-state index >= 15 is 0 Å². The fourth-order valence-corrected chi connectivity index (χ4v) is 3.69. The van der Waals surface area contributed by atoms with Gasteiger partial charge in [-0.2, -0.15) is 0 Å². The van der Waals surface area contributed by atoms with E-state index in [-0.39, 0.29) is 17.9 Å². The first-order valence-corrected chi connectivity index (χ1v) is 10.8. The summed E-state index contributed by atoms with van der Waals surface area (Å²) < 4.78 is 13.1. The summed E-state index contributed by atoms with van der Waals surface area (Å²) in [4.78, 5) is 13.1. The highest BCUT2D eigenvalue weighted by Gasteiger charge is 2.38. The molecule has 0 radical (unpaired) electrons. The van der Waals surface area contributed by atoms with E-state index in [1.807, 2.05) is 18.5 Å². The molecule has 3 heterocycles. The summed E-state index contributed by atoms with van der Waals surface area (Å²) in [7, 11) is 1.62. The molecule has 1 fully saturated rings. The number of ether oxygens (including phenoxy) is 2. The number of nitrogens with two attached hydrogens (primary N) is 1. The van der Waals surface area contributed by atoms with Gasteiger partial charge in [0, 0.05) is 30.3 Å². The largest absolute Gasteiger partial charge is 0.487 e. The van der Waals surface area contributed by atoms with E-state index in [0.29, 0.717) is 30.4 Å². The minimum atomic E-state index is -0.993. The average Bonchev–Trinajstić information content (AvgIpc) is 3.55. The van der Waals surface area contributed by atoms with Gasteiger partial charge in [0.15, 0.2) is 5.75 Å². The highest BCUT2D eigenvalue weighted by atomic mass is 16.5. The van der Waals surface area contributed by atoms with Gasteiger partial charge in [-0.15, -0.1) is 0 Å². The normalized spacial score (nSPS) is 15.4. The van der Waals surface area contributed by atoms with Crippen LogP contribution in [0, 0.1) is 17.8 Å². The van der Waals surface area contributed by atoms with E-state index in [2.05, 4.69) is 45.2 Å². The lowest BCUT2D eigenvalue weighted by Crippen LogP contribution is -2.24. The number of aromatic nitrogens is 4. The maximum Gasteiger partial charge on any atom is 0.220 e. The molecule has 1 aliphatic rings. The third kappa shape index (κ3) is 4.54. The van der Waals surface area contributed by atoms with Gasteiger partial charge in [0.2, 0.25) is 5.95 Å². The first-order chi connectivity index (χ1) is 15.3. The molecule has 0 amide bonds. The van der Waals surface area contributed by atoms with Gasteiger partial charge in [-0.25, -0.2) is 15.0 Å². The maximum absolute atomic E-state index is 10.5. The number of pyridine rings is 1. The van der Waals surface area contributed by atoms with E-state index in [1.54, 1.807) is 20.2 Å². The standard InChI is InChI=1S/C24H29N5O3/c1-15(2)29-14-19(22-21(32-10-9-31-4)13-27-23(25)28-22)18-11-17(26-12-20(18)29)7-8-24(3,30)16-5-6-16/h11-16,30H,5-6,9-10H2,1-4H3,(H2,25,27,28). The van der Waals surface area contributed by atoms with Crippen LogP contribution in [0.3, 0.4) is 0 Å². The molecule has 3 aromatic rings. The number of hydrogen-bond acceptors (Lipinski definition) is 7. The molecule has 0 aromatic carbocycles. The highest BCUT2D eigenvalue weighted by molar-refractivity contribution is 5.96. The minimum absolute atomic E-state index is 0.166. The molecule has 1 unspecified atom stereocenters. The van der Waals surface area contributed by atoms with E-state index in [0.717, 1.165) is 29.3 Å². The lowest BCUT2D eigenvalue weighted by molar-refractivity contribution is 0.0980. The molecular formula is C24H29N5O3. The predicted octanol–water partition coefficient (Wildman–Crippen LogP) is 3.19. The van der Waals surface area contributed by atoms with Gasteiger partial charge in [-0.1, -0.05) is 5.92 Å². The third-order valence-electron chi connectivity index (χ3n) is 5.67. The summed E-state index contributed by atoms with van der Waals surface area (Å²) in [5.41, 5.74) is 7.93. The summed E-state index contributed by atoms with van der Waals surface area (Å²) >= 11 is 0. The van der Waals surface area contributed by atoms with Gasteiger partial charge in [0.25, 0.3) is 0 Å². The summed E-state index contributed by atoms with van der Waals surface area (Å²) in [5.74, 6) is 6.99. The Bertz CT molecular complexity index is 1190. The maximum atomic E-state index is 10.5. The van der Waals surface area contributed by atoms with Gasteiger partial charge >= 0.3 is 0 Å². The Morgan fingerprint density at radius 2 is 2.06 bits per heavy atom. The van der Waals surface area contributed by atoms with Crippen LogP contribution in [-0.2, 0) is 4.74 Å². The number of nitrogens with zero attached hydrogens (tertiary/aromatic N) is 4. The number of hydrogen-bond donors (Lipinski definition) is 2. The fraction of sp³-hybridized carbons (Fsp3) is 0.458. The topological polar surface area (TPSA) is 108 Å². The molecule has 8 heteroatoms. The Kier molecular flexibility index (Phi) is 6.04. The quantitative estimate of drug-likeness (QED) is 0.433. The van der Waals surface area contributed by atoms with E-state index in [1.165, 1.54) is 0 Å². The van der Waals surface area contributed by atoms with Gasteiger partial charge < -0.3 is 24.9 Å². The van der Waals surface area contributed by atoms with Crippen molar-refractivity contribution >= 4 is 16.9 Å².